The van der Waals surface area contributed by atoms with Crippen molar-refractivity contribution in [3.8, 4) is 0 Å². The fourth-order valence-electron chi connectivity index (χ4n) is 2.19. The molecule has 0 aliphatic rings. The normalized spacial score (nSPS) is 12.4. The molecule has 2 aromatic rings. The van der Waals surface area contributed by atoms with Gasteiger partial charge in [0, 0.05) is 45.6 Å². The average Bonchev–Trinajstić information content (AvgIpc) is 2.99. The van der Waals surface area contributed by atoms with Crippen molar-refractivity contribution in [3.63, 3.8) is 0 Å². The zero-order chi connectivity index (χ0) is 15.4. The number of nitrogens with zero attached hydrogens (tertiary/aromatic N) is 3. The van der Waals surface area contributed by atoms with Crippen LogP contribution in [0.3, 0.4) is 0 Å². The van der Waals surface area contributed by atoms with Crippen molar-refractivity contribution in [2.45, 2.75) is 6.42 Å². The highest BCUT2D eigenvalue weighted by molar-refractivity contribution is 6.31. The minimum absolute atomic E-state index is 0.00304. The largest absolute Gasteiger partial charge is 0.396 e. The van der Waals surface area contributed by atoms with E-state index in [9.17, 15) is 9.90 Å². The van der Waals surface area contributed by atoms with Crippen LogP contribution in [0.2, 0.25) is 5.02 Å². The standard InChI is InChI=1S/C14H19ClN4O2/c1-18-8-12(15)4-13(18)14(21)16-5-11(9-20)3-10-6-17-19(2)7-10/h4,6-8,11,20H,3,5,9H2,1-2H3,(H,16,21)/t11-/m0/s1. The molecule has 2 aromatic heterocycles. The molecule has 0 aromatic carbocycles. The van der Waals surface area contributed by atoms with Gasteiger partial charge in [0.1, 0.15) is 5.69 Å². The van der Waals surface area contributed by atoms with E-state index in [1.165, 1.54) is 0 Å². The number of amides is 1. The SMILES string of the molecule is Cn1cc(C[C@H](CO)CNC(=O)c2cc(Cl)cn2C)cn1. The van der Waals surface area contributed by atoms with Crippen molar-refractivity contribution >= 4 is 17.5 Å². The fourth-order valence-corrected chi connectivity index (χ4v) is 2.44. The molecule has 0 saturated heterocycles. The van der Waals surface area contributed by atoms with Gasteiger partial charge in [-0.25, -0.2) is 0 Å². The van der Waals surface area contributed by atoms with Crippen molar-refractivity contribution in [1.29, 1.82) is 0 Å². The third-order valence-corrected chi connectivity index (χ3v) is 3.50. The van der Waals surface area contributed by atoms with E-state index in [0.717, 1.165) is 5.56 Å². The fraction of sp³-hybridized carbons (Fsp3) is 0.429. The van der Waals surface area contributed by atoms with Gasteiger partial charge in [0.2, 0.25) is 0 Å². The number of halogens is 1. The van der Waals surface area contributed by atoms with Gasteiger partial charge in [-0.15, -0.1) is 0 Å². The number of aliphatic hydroxyl groups excluding tert-OH is 1. The van der Waals surface area contributed by atoms with Crippen LogP contribution in [0.4, 0.5) is 0 Å². The zero-order valence-electron chi connectivity index (χ0n) is 12.1. The van der Waals surface area contributed by atoms with E-state index in [2.05, 4.69) is 10.4 Å². The Morgan fingerprint density at radius 1 is 1.48 bits per heavy atom. The maximum atomic E-state index is 12.1. The number of aromatic nitrogens is 3. The first-order chi connectivity index (χ1) is 9.99. The van der Waals surface area contributed by atoms with Crippen LogP contribution in [0.1, 0.15) is 16.1 Å². The van der Waals surface area contributed by atoms with E-state index in [1.54, 1.807) is 34.8 Å². The molecule has 7 heteroatoms. The number of carbonyl (C=O) groups is 1. The Kier molecular flexibility index (Phi) is 5.03. The summed E-state index contributed by atoms with van der Waals surface area (Å²) < 4.78 is 3.39. The van der Waals surface area contributed by atoms with Crippen molar-refractivity contribution in [1.82, 2.24) is 19.7 Å². The third kappa shape index (κ3) is 4.09. The highest BCUT2D eigenvalue weighted by atomic mass is 35.5. The molecule has 0 bridgehead atoms. The molecule has 0 aliphatic heterocycles. The second kappa shape index (κ2) is 6.78. The Morgan fingerprint density at radius 2 is 2.24 bits per heavy atom. The minimum Gasteiger partial charge on any atom is -0.396 e. The van der Waals surface area contributed by atoms with Crippen LogP contribution in [-0.2, 0) is 20.5 Å². The van der Waals surface area contributed by atoms with Crippen molar-refractivity contribution in [3.05, 3.63) is 40.9 Å². The first-order valence-corrected chi connectivity index (χ1v) is 7.06. The third-order valence-electron chi connectivity index (χ3n) is 3.30. The maximum Gasteiger partial charge on any atom is 0.267 e. The Morgan fingerprint density at radius 3 is 2.76 bits per heavy atom. The summed E-state index contributed by atoms with van der Waals surface area (Å²) in [5.41, 5.74) is 1.53. The van der Waals surface area contributed by atoms with Gasteiger partial charge in [0.15, 0.2) is 0 Å². The molecular formula is C14H19ClN4O2. The molecule has 2 N–H and O–H groups in total. The Labute approximate surface area is 128 Å². The zero-order valence-corrected chi connectivity index (χ0v) is 12.8. The van der Waals surface area contributed by atoms with Crippen molar-refractivity contribution < 1.29 is 9.90 Å². The number of carbonyl (C=O) groups excluding carboxylic acids is 1. The summed E-state index contributed by atoms with van der Waals surface area (Å²) in [4.78, 5) is 12.1. The Balaban J connectivity index is 1.90. The van der Waals surface area contributed by atoms with Crippen LogP contribution in [0.15, 0.2) is 24.7 Å². The van der Waals surface area contributed by atoms with Gasteiger partial charge in [-0.05, 0) is 18.1 Å². The monoisotopic (exact) mass is 310 g/mol. The second-order valence-corrected chi connectivity index (χ2v) is 5.58. The van der Waals surface area contributed by atoms with E-state index >= 15 is 0 Å². The Hall–Kier alpha value is -1.79. The highest BCUT2D eigenvalue weighted by Crippen LogP contribution is 2.13. The molecule has 6 nitrogen and oxygen atoms in total. The minimum atomic E-state index is -0.200. The summed E-state index contributed by atoms with van der Waals surface area (Å²) in [5.74, 6) is -0.247. The molecule has 2 heterocycles. The van der Waals surface area contributed by atoms with Gasteiger partial charge < -0.3 is 15.0 Å². The first kappa shape index (κ1) is 15.6. The molecule has 1 amide bonds. The van der Waals surface area contributed by atoms with Gasteiger partial charge in [-0.3, -0.25) is 9.48 Å². The summed E-state index contributed by atoms with van der Waals surface area (Å²) in [6, 6.07) is 1.62. The molecule has 2 rings (SSSR count). The molecule has 0 fully saturated rings. The molecule has 0 radical (unpaired) electrons. The molecule has 0 spiro atoms. The van der Waals surface area contributed by atoms with Crippen LogP contribution in [0.25, 0.3) is 0 Å². The van der Waals surface area contributed by atoms with Gasteiger partial charge in [0.25, 0.3) is 5.91 Å². The molecule has 21 heavy (non-hydrogen) atoms. The summed E-state index contributed by atoms with van der Waals surface area (Å²) in [6.45, 7) is 0.399. The van der Waals surface area contributed by atoms with Crippen LogP contribution >= 0.6 is 11.6 Å². The van der Waals surface area contributed by atoms with Crippen molar-refractivity contribution in [2.24, 2.45) is 20.0 Å². The topological polar surface area (TPSA) is 72.1 Å². The number of aliphatic hydroxyl groups is 1. The molecule has 0 aliphatic carbocycles. The van der Waals surface area contributed by atoms with Gasteiger partial charge >= 0.3 is 0 Å². The lowest BCUT2D eigenvalue weighted by molar-refractivity contribution is 0.0932. The summed E-state index contributed by atoms with van der Waals surface area (Å²) in [6.07, 6.45) is 6.01. The average molecular weight is 311 g/mol. The predicted molar refractivity (Wildman–Crippen MR) is 80.2 cm³/mol. The van der Waals surface area contributed by atoms with Gasteiger partial charge in [-0.1, -0.05) is 11.6 Å². The number of nitrogens with one attached hydrogen (secondary N) is 1. The van der Waals surface area contributed by atoms with Crippen LogP contribution < -0.4 is 5.32 Å². The molecule has 114 valence electrons. The first-order valence-electron chi connectivity index (χ1n) is 6.68. The van der Waals surface area contributed by atoms with Crippen molar-refractivity contribution in [2.75, 3.05) is 13.2 Å². The van der Waals surface area contributed by atoms with Crippen LogP contribution in [-0.4, -0.2) is 38.5 Å². The lowest BCUT2D eigenvalue weighted by Crippen LogP contribution is -2.32. The lowest BCUT2D eigenvalue weighted by Gasteiger charge is -2.14. The summed E-state index contributed by atoms with van der Waals surface area (Å²) in [5, 5.41) is 16.9. The molecular weight excluding hydrogens is 292 g/mol. The highest BCUT2D eigenvalue weighted by Gasteiger charge is 2.15. The van der Waals surface area contributed by atoms with E-state index in [0.29, 0.717) is 23.7 Å². The number of hydrogen-bond donors (Lipinski definition) is 2. The molecule has 0 unspecified atom stereocenters. The second-order valence-electron chi connectivity index (χ2n) is 5.14. The van der Waals surface area contributed by atoms with E-state index in [-0.39, 0.29) is 18.4 Å². The van der Waals surface area contributed by atoms with Gasteiger partial charge in [0.05, 0.1) is 11.2 Å². The van der Waals surface area contributed by atoms with E-state index in [1.807, 2.05) is 13.2 Å². The maximum absolute atomic E-state index is 12.1. The number of rotatable bonds is 6. The summed E-state index contributed by atoms with van der Waals surface area (Å²) in [7, 11) is 3.61. The lowest BCUT2D eigenvalue weighted by atomic mass is 10.0. The van der Waals surface area contributed by atoms with Crippen LogP contribution in [0, 0.1) is 5.92 Å². The quantitative estimate of drug-likeness (QED) is 0.836. The number of aryl methyl sites for hydroxylation is 2. The smallest absolute Gasteiger partial charge is 0.267 e. The molecule has 1 atom stereocenters. The van der Waals surface area contributed by atoms with E-state index < -0.39 is 0 Å². The Bertz CT molecular complexity index is 620. The van der Waals surface area contributed by atoms with E-state index in [4.69, 9.17) is 11.6 Å². The summed E-state index contributed by atoms with van der Waals surface area (Å²) >= 11 is 5.86. The predicted octanol–water partition coefficient (Wildman–Crippen LogP) is 0.993. The molecule has 0 saturated carbocycles. The van der Waals surface area contributed by atoms with Gasteiger partial charge in [-0.2, -0.15) is 5.10 Å². The van der Waals surface area contributed by atoms with Crippen LogP contribution in [0.5, 0.6) is 0 Å². The number of hydrogen-bond acceptors (Lipinski definition) is 3.